The van der Waals surface area contributed by atoms with Gasteiger partial charge in [0.25, 0.3) is 0 Å². The minimum absolute atomic E-state index is 0.413. The first kappa shape index (κ1) is 13.6. The van der Waals surface area contributed by atoms with Crippen LogP contribution in [-0.4, -0.2) is 0 Å². The highest BCUT2D eigenvalue weighted by Gasteiger charge is 2.31. The van der Waals surface area contributed by atoms with Gasteiger partial charge in [-0.2, -0.15) is 0 Å². The normalized spacial score (nSPS) is 23.4. The highest BCUT2D eigenvalue weighted by molar-refractivity contribution is 6.02. The molecular formula is C24H18. The molecule has 0 spiro atoms. The van der Waals surface area contributed by atoms with Gasteiger partial charge in [-0.1, -0.05) is 97.1 Å². The van der Waals surface area contributed by atoms with E-state index in [0.29, 0.717) is 11.8 Å². The van der Waals surface area contributed by atoms with Crippen LogP contribution in [0.4, 0.5) is 0 Å². The number of rotatable bonds is 1. The molecule has 0 aliphatic heterocycles. The Hall–Kier alpha value is -2.86. The van der Waals surface area contributed by atoms with Crippen LogP contribution in [-0.2, 0) is 0 Å². The first-order chi connectivity index (χ1) is 11.9. The Morgan fingerprint density at radius 2 is 1.38 bits per heavy atom. The van der Waals surface area contributed by atoms with Crippen molar-refractivity contribution in [3.8, 4) is 0 Å². The number of fused-ring (bicyclic) bond motifs is 4. The van der Waals surface area contributed by atoms with E-state index in [1.807, 2.05) is 0 Å². The predicted molar refractivity (Wildman–Crippen MR) is 101 cm³/mol. The third-order valence-electron chi connectivity index (χ3n) is 5.27. The van der Waals surface area contributed by atoms with Crippen molar-refractivity contribution in [2.75, 3.05) is 0 Å². The summed E-state index contributed by atoms with van der Waals surface area (Å²) in [6.07, 6.45) is 15.9. The fourth-order valence-corrected chi connectivity index (χ4v) is 4.24. The first-order valence-electron chi connectivity index (χ1n) is 8.56. The lowest BCUT2D eigenvalue weighted by Crippen LogP contribution is -2.39. The van der Waals surface area contributed by atoms with Gasteiger partial charge >= 0.3 is 0 Å². The molecule has 24 heavy (non-hydrogen) atoms. The maximum atomic E-state index is 2.37. The Morgan fingerprint density at radius 3 is 2.25 bits per heavy atom. The minimum atomic E-state index is 0.413. The van der Waals surface area contributed by atoms with E-state index in [1.54, 1.807) is 0 Å². The molecule has 2 atom stereocenters. The average Bonchev–Trinajstić information content (AvgIpc) is 2.68. The Bertz CT molecular complexity index is 1040. The summed E-state index contributed by atoms with van der Waals surface area (Å²) in [5, 5.41) is 2.76. The van der Waals surface area contributed by atoms with Crippen LogP contribution in [0.5, 0.6) is 0 Å². The fourth-order valence-electron chi connectivity index (χ4n) is 4.24. The van der Waals surface area contributed by atoms with Crippen LogP contribution in [0.2, 0.25) is 0 Å². The Balaban J connectivity index is 1.89. The lowest BCUT2D eigenvalue weighted by molar-refractivity contribution is 0.696. The van der Waals surface area contributed by atoms with Gasteiger partial charge in [-0.15, -0.1) is 0 Å². The molecule has 0 N–H and O–H groups in total. The standard InChI is InChI=1S/C24H18/c1-2-9-17(10-3-1)18-15-8-16-23-21-12-5-4-11-19(21)20-13-6-7-14-22(20)24(18)23/h1-16,21,23H. The molecule has 0 saturated carbocycles. The van der Waals surface area contributed by atoms with Crippen LogP contribution < -0.4 is 10.4 Å². The lowest BCUT2D eigenvalue weighted by atomic mass is 9.69. The van der Waals surface area contributed by atoms with E-state index in [2.05, 4.69) is 97.1 Å². The fraction of sp³-hybridized carbons (Fsp3) is 0.0833. The minimum Gasteiger partial charge on any atom is -0.0761 e. The second-order valence-corrected chi connectivity index (χ2v) is 6.54. The number of hydrogen-bond acceptors (Lipinski definition) is 0. The second-order valence-electron chi connectivity index (χ2n) is 6.54. The second kappa shape index (κ2) is 5.35. The molecule has 0 heterocycles. The molecular weight excluding hydrogens is 288 g/mol. The van der Waals surface area contributed by atoms with Crippen molar-refractivity contribution < 1.29 is 0 Å². The summed E-state index contributed by atoms with van der Waals surface area (Å²) in [6.45, 7) is 0. The summed E-state index contributed by atoms with van der Waals surface area (Å²) in [5.74, 6) is 0.847. The smallest absolute Gasteiger partial charge is 0.0137 e. The third kappa shape index (κ3) is 1.93. The molecule has 3 aliphatic rings. The molecule has 0 amide bonds. The molecule has 0 nitrogen and oxygen atoms in total. The first-order valence-corrected chi connectivity index (χ1v) is 8.56. The van der Waals surface area contributed by atoms with Crippen molar-refractivity contribution in [2.45, 2.75) is 0 Å². The monoisotopic (exact) mass is 306 g/mol. The maximum Gasteiger partial charge on any atom is 0.0137 e. The molecule has 3 aliphatic carbocycles. The van der Waals surface area contributed by atoms with Gasteiger partial charge in [0.05, 0.1) is 0 Å². The summed E-state index contributed by atoms with van der Waals surface area (Å²) < 4.78 is 0. The van der Waals surface area contributed by atoms with Crippen molar-refractivity contribution in [2.24, 2.45) is 11.8 Å². The molecule has 0 saturated heterocycles. The number of allylic oxidation sites excluding steroid dienone is 8. The van der Waals surface area contributed by atoms with Crippen LogP contribution in [0.25, 0.3) is 16.7 Å². The van der Waals surface area contributed by atoms with Crippen LogP contribution in [0.3, 0.4) is 0 Å². The van der Waals surface area contributed by atoms with Gasteiger partial charge in [0.1, 0.15) is 0 Å². The third-order valence-corrected chi connectivity index (χ3v) is 5.27. The van der Waals surface area contributed by atoms with Crippen molar-refractivity contribution in [1.29, 1.82) is 0 Å². The molecule has 0 radical (unpaired) electrons. The topological polar surface area (TPSA) is 0 Å². The van der Waals surface area contributed by atoms with E-state index in [0.717, 1.165) is 0 Å². The van der Waals surface area contributed by atoms with E-state index in [-0.39, 0.29) is 0 Å². The zero-order valence-corrected chi connectivity index (χ0v) is 13.4. The Labute approximate surface area is 142 Å². The van der Waals surface area contributed by atoms with Gasteiger partial charge in [-0.3, -0.25) is 0 Å². The molecule has 0 heteroatoms. The van der Waals surface area contributed by atoms with E-state index < -0.39 is 0 Å². The average molecular weight is 306 g/mol. The lowest BCUT2D eigenvalue weighted by Gasteiger charge is -2.34. The SMILES string of the molecule is C1=CC2=c3ccccc3=C3C(c4ccccc4)=CC=CC3C2C=C1. The van der Waals surface area contributed by atoms with E-state index in [4.69, 9.17) is 0 Å². The summed E-state index contributed by atoms with van der Waals surface area (Å²) in [7, 11) is 0. The van der Waals surface area contributed by atoms with Gasteiger partial charge in [-0.25, -0.2) is 0 Å². The zero-order chi connectivity index (χ0) is 15.9. The molecule has 0 bridgehead atoms. The Kier molecular flexibility index (Phi) is 3.02. The molecule has 2 unspecified atom stereocenters. The van der Waals surface area contributed by atoms with Crippen molar-refractivity contribution >= 4 is 16.7 Å². The number of hydrogen-bond donors (Lipinski definition) is 0. The Morgan fingerprint density at radius 1 is 0.625 bits per heavy atom. The highest BCUT2D eigenvalue weighted by atomic mass is 14.3. The molecule has 2 aromatic rings. The van der Waals surface area contributed by atoms with Crippen molar-refractivity contribution in [1.82, 2.24) is 0 Å². The van der Waals surface area contributed by atoms with E-state index in [1.165, 1.54) is 32.7 Å². The maximum absolute atomic E-state index is 2.37. The van der Waals surface area contributed by atoms with Crippen LogP contribution >= 0.6 is 0 Å². The van der Waals surface area contributed by atoms with Gasteiger partial charge in [0.15, 0.2) is 0 Å². The molecule has 0 fully saturated rings. The van der Waals surface area contributed by atoms with Crippen molar-refractivity contribution in [3.05, 3.63) is 113 Å². The van der Waals surface area contributed by atoms with Gasteiger partial charge < -0.3 is 0 Å². The summed E-state index contributed by atoms with van der Waals surface area (Å²) in [6, 6.07) is 19.6. The van der Waals surface area contributed by atoms with Crippen LogP contribution in [0.1, 0.15) is 5.56 Å². The van der Waals surface area contributed by atoms with Gasteiger partial charge in [0.2, 0.25) is 0 Å². The van der Waals surface area contributed by atoms with E-state index in [9.17, 15) is 0 Å². The summed E-state index contributed by atoms with van der Waals surface area (Å²) >= 11 is 0. The summed E-state index contributed by atoms with van der Waals surface area (Å²) in [4.78, 5) is 0. The molecule has 5 rings (SSSR count). The quantitative estimate of drug-likeness (QED) is 0.747. The van der Waals surface area contributed by atoms with Gasteiger partial charge in [-0.05, 0) is 32.7 Å². The predicted octanol–water partition coefficient (Wildman–Crippen LogP) is 4.01. The number of benzene rings is 2. The van der Waals surface area contributed by atoms with Crippen LogP contribution in [0, 0.1) is 11.8 Å². The van der Waals surface area contributed by atoms with Crippen LogP contribution in [0.15, 0.2) is 97.1 Å². The highest BCUT2D eigenvalue weighted by Crippen LogP contribution is 2.42. The zero-order valence-electron chi connectivity index (χ0n) is 13.4. The molecule has 0 aromatic heterocycles. The van der Waals surface area contributed by atoms with Crippen molar-refractivity contribution in [3.63, 3.8) is 0 Å². The largest absolute Gasteiger partial charge is 0.0761 e. The van der Waals surface area contributed by atoms with Gasteiger partial charge in [0, 0.05) is 11.8 Å². The van der Waals surface area contributed by atoms with E-state index >= 15 is 0 Å². The molecule has 2 aromatic carbocycles. The molecule has 114 valence electrons. The summed E-state index contributed by atoms with van der Waals surface area (Å²) in [5.41, 5.74) is 5.57.